The molecule has 4 heteroatoms. The predicted octanol–water partition coefficient (Wildman–Crippen LogP) is 4.86. The number of fused-ring (bicyclic) bond motifs is 1. The van der Waals surface area contributed by atoms with E-state index in [2.05, 4.69) is 26.5 Å². The molecule has 0 amide bonds. The van der Waals surface area contributed by atoms with Crippen molar-refractivity contribution in [2.24, 2.45) is 11.3 Å². The molecule has 0 aromatic rings. The Hall–Kier alpha value is -1.84. The lowest BCUT2D eigenvalue weighted by molar-refractivity contribution is -0.170. The molecule has 0 saturated heterocycles. The molecular formula is C21H30O4. The molecule has 0 heterocycles. The summed E-state index contributed by atoms with van der Waals surface area (Å²) in [5, 5.41) is 0. The zero-order valence-corrected chi connectivity index (χ0v) is 16.1. The van der Waals surface area contributed by atoms with Crippen LogP contribution in [0.25, 0.3) is 0 Å². The van der Waals surface area contributed by atoms with Gasteiger partial charge in [0.1, 0.15) is 11.4 Å². The molecule has 0 aromatic carbocycles. The van der Waals surface area contributed by atoms with Crippen LogP contribution in [0.4, 0.5) is 0 Å². The van der Waals surface area contributed by atoms with Gasteiger partial charge < -0.3 is 9.47 Å². The normalized spacial score (nSPS) is 32.3. The van der Waals surface area contributed by atoms with Gasteiger partial charge in [-0.05, 0) is 58.8 Å². The van der Waals surface area contributed by atoms with Crippen LogP contribution in [0.3, 0.4) is 0 Å². The predicted molar refractivity (Wildman–Crippen MR) is 97.6 cm³/mol. The van der Waals surface area contributed by atoms with E-state index >= 15 is 0 Å². The number of hydrogen-bond acceptors (Lipinski definition) is 4. The summed E-state index contributed by atoms with van der Waals surface area (Å²) in [6.45, 7) is 13.3. The molecule has 4 nitrogen and oxygen atoms in total. The molecule has 0 radical (unpaired) electrons. The van der Waals surface area contributed by atoms with E-state index < -0.39 is 17.5 Å². The summed E-state index contributed by atoms with van der Waals surface area (Å²) in [6.07, 6.45) is 8.46. The van der Waals surface area contributed by atoms with Crippen molar-refractivity contribution < 1.29 is 19.1 Å². The second-order valence-electron chi connectivity index (χ2n) is 7.90. The Bertz CT molecular complexity index is 642. The van der Waals surface area contributed by atoms with Crippen LogP contribution in [0, 0.1) is 11.3 Å². The highest BCUT2D eigenvalue weighted by molar-refractivity contribution is 5.83. The smallest absolute Gasteiger partial charge is 0.334 e. The first-order chi connectivity index (χ1) is 11.6. The molecule has 3 atom stereocenters. The Labute approximate surface area is 151 Å². The summed E-state index contributed by atoms with van der Waals surface area (Å²) in [7, 11) is 0. The van der Waals surface area contributed by atoms with Crippen LogP contribution in [0.1, 0.15) is 66.7 Å². The van der Waals surface area contributed by atoms with E-state index in [1.165, 1.54) is 24.1 Å². The molecule has 25 heavy (non-hydrogen) atoms. The van der Waals surface area contributed by atoms with Gasteiger partial charge in [0.15, 0.2) is 0 Å². The van der Waals surface area contributed by atoms with Gasteiger partial charge in [0.25, 0.3) is 0 Å². The average molecular weight is 346 g/mol. The topological polar surface area (TPSA) is 52.6 Å². The second kappa shape index (κ2) is 7.19. The molecule has 0 bridgehead atoms. The average Bonchev–Trinajstić information content (AvgIpc) is 2.46. The minimum atomic E-state index is -0.574. The van der Waals surface area contributed by atoms with Gasteiger partial charge in [-0.25, -0.2) is 4.79 Å². The number of allylic oxidation sites excluding steroid dienone is 3. The van der Waals surface area contributed by atoms with Crippen LogP contribution in [0.2, 0.25) is 0 Å². The lowest BCUT2D eigenvalue weighted by Gasteiger charge is -2.53. The Kier molecular flexibility index (Phi) is 5.60. The van der Waals surface area contributed by atoms with Crippen molar-refractivity contribution in [1.29, 1.82) is 0 Å². The molecule has 2 aliphatic rings. The molecule has 1 saturated carbocycles. The lowest BCUT2D eigenvalue weighted by atomic mass is 9.55. The lowest BCUT2D eigenvalue weighted by Crippen LogP contribution is -2.52. The maximum atomic E-state index is 12.4. The Balaban J connectivity index is 2.24. The fourth-order valence-corrected chi connectivity index (χ4v) is 4.26. The molecule has 0 unspecified atom stereocenters. The van der Waals surface area contributed by atoms with Crippen LogP contribution in [0.15, 0.2) is 35.6 Å². The van der Waals surface area contributed by atoms with Crippen LogP contribution in [-0.2, 0) is 19.1 Å². The third-order valence-electron chi connectivity index (χ3n) is 5.93. The van der Waals surface area contributed by atoms with Gasteiger partial charge in [0.05, 0.1) is 6.08 Å². The summed E-state index contributed by atoms with van der Waals surface area (Å²) in [5.74, 6) is -0.232. The zero-order valence-electron chi connectivity index (χ0n) is 16.1. The summed E-state index contributed by atoms with van der Waals surface area (Å²) in [6, 6.07) is 0. The van der Waals surface area contributed by atoms with Gasteiger partial charge in [-0.15, -0.1) is 0 Å². The largest absolute Gasteiger partial charge is 0.455 e. The van der Waals surface area contributed by atoms with Crippen molar-refractivity contribution in [3.8, 4) is 0 Å². The van der Waals surface area contributed by atoms with Crippen LogP contribution < -0.4 is 0 Å². The van der Waals surface area contributed by atoms with Crippen LogP contribution in [0.5, 0.6) is 0 Å². The fourth-order valence-electron chi connectivity index (χ4n) is 4.26. The van der Waals surface area contributed by atoms with Crippen LogP contribution in [-0.4, -0.2) is 17.5 Å². The van der Waals surface area contributed by atoms with Gasteiger partial charge in [-0.1, -0.05) is 30.7 Å². The molecule has 0 spiro atoms. The molecule has 0 aromatic heterocycles. The number of esters is 2. The first kappa shape index (κ1) is 19.5. The Morgan fingerprint density at radius 2 is 1.96 bits per heavy atom. The van der Waals surface area contributed by atoms with E-state index in [0.29, 0.717) is 5.92 Å². The fraction of sp³-hybridized carbons (Fsp3) is 0.619. The summed E-state index contributed by atoms with van der Waals surface area (Å²) < 4.78 is 10.9. The van der Waals surface area contributed by atoms with Gasteiger partial charge in [-0.2, -0.15) is 0 Å². The molecule has 0 N–H and O–H groups in total. The summed E-state index contributed by atoms with van der Waals surface area (Å²) >= 11 is 0. The zero-order chi connectivity index (χ0) is 18.8. The molecule has 0 aliphatic heterocycles. The third kappa shape index (κ3) is 4.05. The first-order valence-corrected chi connectivity index (χ1v) is 9.02. The van der Waals surface area contributed by atoms with Crippen molar-refractivity contribution >= 4 is 11.9 Å². The standard InChI is InChI=1S/C21H30O4/c1-14(2)17-9-10-18-8-7-11-21(6,20(18,5)13-17)25-19(23)12-15(3)24-16(4)22/h10,12,17H,1,7-9,11,13H2,2-6H3/b15-12-/t17-,20-,21-/m1/s1. The van der Waals surface area contributed by atoms with E-state index in [9.17, 15) is 9.59 Å². The molecule has 2 aliphatic carbocycles. The number of ether oxygens (including phenoxy) is 2. The quantitative estimate of drug-likeness (QED) is 0.316. The number of carbonyl (C=O) groups excluding carboxylic acids is 2. The van der Waals surface area contributed by atoms with Crippen molar-refractivity contribution in [2.45, 2.75) is 72.3 Å². The van der Waals surface area contributed by atoms with Gasteiger partial charge in [0, 0.05) is 12.3 Å². The van der Waals surface area contributed by atoms with Gasteiger partial charge >= 0.3 is 11.9 Å². The van der Waals surface area contributed by atoms with Crippen molar-refractivity contribution in [2.75, 3.05) is 0 Å². The molecular weight excluding hydrogens is 316 g/mol. The van der Waals surface area contributed by atoms with Gasteiger partial charge in [-0.3, -0.25) is 4.79 Å². The maximum absolute atomic E-state index is 12.4. The molecule has 2 rings (SSSR count). The van der Waals surface area contributed by atoms with E-state index in [-0.39, 0.29) is 11.2 Å². The van der Waals surface area contributed by atoms with E-state index in [4.69, 9.17) is 9.47 Å². The molecule has 138 valence electrons. The maximum Gasteiger partial charge on any atom is 0.334 e. The third-order valence-corrected chi connectivity index (χ3v) is 5.93. The van der Waals surface area contributed by atoms with E-state index in [0.717, 1.165) is 32.1 Å². The highest BCUT2D eigenvalue weighted by Crippen LogP contribution is 2.56. The molecule has 1 fully saturated rings. The summed E-state index contributed by atoms with van der Waals surface area (Å²) in [5.41, 5.74) is 1.81. The number of rotatable bonds is 4. The van der Waals surface area contributed by atoms with E-state index in [1.54, 1.807) is 6.92 Å². The monoisotopic (exact) mass is 346 g/mol. The van der Waals surface area contributed by atoms with Crippen molar-refractivity contribution in [3.63, 3.8) is 0 Å². The van der Waals surface area contributed by atoms with Crippen molar-refractivity contribution in [3.05, 3.63) is 35.6 Å². The SMILES string of the molecule is C=C(C)[C@@H]1CC=C2CCC[C@@](C)(OC(=O)/C=C(/C)OC(C)=O)[C@]2(C)C1. The Morgan fingerprint density at radius 3 is 2.56 bits per heavy atom. The van der Waals surface area contributed by atoms with Gasteiger partial charge in [0.2, 0.25) is 0 Å². The highest BCUT2D eigenvalue weighted by atomic mass is 16.6. The summed E-state index contributed by atoms with van der Waals surface area (Å²) in [4.78, 5) is 23.4. The highest BCUT2D eigenvalue weighted by Gasteiger charge is 2.53. The van der Waals surface area contributed by atoms with Crippen molar-refractivity contribution in [1.82, 2.24) is 0 Å². The number of hydrogen-bond donors (Lipinski definition) is 0. The second-order valence-corrected chi connectivity index (χ2v) is 7.90. The Morgan fingerprint density at radius 1 is 1.28 bits per heavy atom. The van der Waals surface area contributed by atoms with E-state index in [1.807, 2.05) is 6.92 Å². The minimum absolute atomic E-state index is 0.189. The number of carbonyl (C=O) groups is 2. The minimum Gasteiger partial charge on any atom is -0.455 e. The van der Waals surface area contributed by atoms with Crippen LogP contribution >= 0.6 is 0 Å². The first-order valence-electron chi connectivity index (χ1n) is 9.02.